The van der Waals surface area contributed by atoms with Gasteiger partial charge >= 0.3 is 0 Å². The van der Waals surface area contributed by atoms with Crippen LogP contribution >= 0.6 is 0 Å². The van der Waals surface area contributed by atoms with E-state index in [9.17, 15) is 8.42 Å². The Kier molecular flexibility index (Phi) is 4.87. The Morgan fingerprint density at radius 2 is 2.12 bits per heavy atom. The van der Waals surface area contributed by atoms with Gasteiger partial charge in [0.15, 0.2) is 0 Å². The molecule has 0 aliphatic carbocycles. The molecule has 3 rings (SSSR count). The first-order chi connectivity index (χ1) is 11.5. The molecule has 2 aromatic rings. The maximum atomic E-state index is 12.6. The molecule has 1 aromatic carbocycles. The second-order valence-electron chi connectivity index (χ2n) is 6.36. The molecule has 0 spiro atoms. The molecule has 128 valence electrons. The Hall–Kier alpha value is -1.92. The predicted octanol–water partition coefficient (Wildman–Crippen LogP) is 2.73. The SMILES string of the molecule is CC(C)C(CNS(=O)(=O)c1ccc2c(c1)CCO2)c1cccnc1. The first kappa shape index (κ1) is 16.9. The Morgan fingerprint density at radius 3 is 2.83 bits per heavy atom. The van der Waals surface area contributed by atoms with Crippen molar-refractivity contribution >= 4 is 10.0 Å². The van der Waals surface area contributed by atoms with Crippen LogP contribution in [0.2, 0.25) is 0 Å². The van der Waals surface area contributed by atoms with Crippen LogP contribution < -0.4 is 9.46 Å². The van der Waals surface area contributed by atoms with Crippen LogP contribution in [0, 0.1) is 5.92 Å². The average molecular weight is 346 g/mol. The van der Waals surface area contributed by atoms with Gasteiger partial charge in [0, 0.05) is 31.3 Å². The van der Waals surface area contributed by atoms with Crippen molar-refractivity contribution in [2.45, 2.75) is 31.1 Å². The fourth-order valence-corrected chi connectivity index (χ4v) is 4.06. The number of hydrogen-bond acceptors (Lipinski definition) is 4. The van der Waals surface area contributed by atoms with E-state index in [1.807, 2.05) is 12.1 Å². The summed E-state index contributed by atoms with van der Waals surface area (Å²) < 4.78 is 33.4. The topological polar surface area (TPSA) is 68.3 Å². The number of pyridine rings is 1. The van der Waals surface area contributed by atoms with Crippen LogP contribution in [-0.2, 0) is 16.4 Å². The lowest BCUT2D eigenvalue weighted by atomic mass is 9.90. The predicted molar refractivity (Wildman–Crippen MR) is 92.6 cm³/mol. The molecule has 0 amide bonds. The number of nitrogens with one attached hydrogen (secondary N) is 1. The van der Waals surface area contributed by atoms with E-state index in [2.05, 4.69) is 23.6 Å². The molecule has 1 aromatic heterocycles. The summed E-state index contributed by atoms with van der Waals surface area (Å²) in [6.45, 7) is 5.12. The number of nitrogens with zero attached hydrogens (tertiary/aromatic N) is 1. The molecule has 5 nitrogen and oxygen atoms in total. The minimum Gasteiger partial charge on any atom is -0.493 e. The number of ether oxygens (including phenoxy) is 1. The second-order valence-corrected chi connectivity index (χ2v) is 8.12. The third kappa shape index (κ3) is 3.60. The Balaban J connectivity index is 1.76. The summed E-state index contributed by atoms with van der Waals surface area (Å²) in [7, 11) is -3.54. The number of sulfonamides is 1. The van der Waals surface area contributed by atoms with Gasteiger partial charge < -0.3 is 4.74 Å². The van der Waals surface area contributed by atoms with Crippen molar-refractivity contribution in [1.29, 1.82) is 0 Å². The number of aromatic nitrogens is 1. The molecule has 1 N–H and O–H groups in total. The summed E-state index contributed by atoms with van der Waals surface area (Å²) in [4.78, 5) is 4.43. The van der Waals surface area contributed by atoms with Gasteiger partial charge in [-0.15, -0.1) is 0 Å². The number of fused-ring (bicyclic) bond motifs is 1. The zero-order valence-corrected chi connectivity index (χ0v) is 14.7. The molecular weight excluding hydrogens is 324 g/mol. The normalized spacial score (nSPS) is 15.1. The smallest absolute Gasteiger partial charge is 0.240 e. The quantitative estimate of drug-likeness (QED) is 0.873. The summed E-state index contributed by atoms with van der Waals surface area (Å²) >= 11 is 0. The standard InChI is InChI=1S/C18H22N2O3S/c1-13(2)17(15-4-3-8-19-11-15)12-20-24(21,22)16-5-6-18-14(10-16)7-9-23-18/h3-6,8,10-11,13,17,20H,7,9,12H2,1-2H3. The van der Waals surface area contributed by atoms with E-state index < -0.39 is 10.0 Å². The molecule has 1 atom stereocenters. The van der Waals surface area contributed by atoms with Crippen molar-refractivity contribution in [3.05, 3.63) is 53.9 Å². The van der Waals surface area contributed by atoms with Crippen LogP contribution in [0.4, 0.5) is 0 Å². The van der Waals surface area contributed by atoms with E-state index in [1.54, 1.807) is 30.6 Å². The summed E-state index contributed by atoms with van der Waals surface area (Å²) in [5, 5.41) is 0. The van der Waals surface area contributed by atoms with Gasteiger partial charge in [0.25, 0.3) is 0 Å². The van der Waals surface area contributed by atoms with Gasteiger partial charge in [-0.25, -0.2) is 13.1 Å². The minimum absolute atomic E-state index is 0.0752. The molecular formula is C18H22N2O3S. The summed E-state index contributed by atoms with van der Waals surface area (Å²) in [5.41, 5.74) is 1.99. The highest BCUT2D eigenvalue weighted by Crippen LogP contribution is 2.28. The van der Waals surface area contributed by atoms with Crippen molar-refractivity contribution in [2.24, 2.45) is 5.92 Å². The third-order valence-corrected chi connectivity index (χ3v) is 5.80. The van der Waals surface area contributed by atoms with Crippen LogP contribution in [0.15, 0.2) is 47.6 Å². The van der Waals surface area contributed by atoms with Crippen molar-refractivity contribution in [3.8, 4) is 5.75 Å². The lowest BCUT2D eigenvalue weighted by Gasteiger charge is -2.21. The Bertz CT molecular complexity index is 804. The molecule has 24 heavy (non-hydrogen) atoms. The molecule has 1 aliphatic heterocycles. The van der Waals surface area contributed by atoms with Crippen LogP contribution in [0.25, 0.3) is 0 Å². The van der Waals surface area contributed by atoms with Gasteiger partial charge in [0.05, 0.1) is 11.5 Å². The van der Waals surface area contributed by atoms with Gasteiger partial charge in [-0.05, 0) is 41.3 Å². The van der Waals surface area contributed by atoms with Crippen LogP contribution in [0.5, 0.6) is 5.75 Å². The lowest BCUT2D eigenvalue weighted by Crippen LogP contribution is -2.30. The average Bonchev–Trinajstić information content (AvgIpc) is 3.03. The Morgan fingerprint density at radius 1 is 1.29 bits per heavy atom. The van der Waals surface area contributed by atoms with E-state index >= 15 is 0 Å². The Labute approximate surface area is 143 Å². The van der Waals surface area contributed by atoms with Gasteiger partial charge in [-0.1, -0.05) is 19.9 Å². The first-order valence-corrected chi connectivity index (χ1v) is 9.61. The van der Waals surface area contributed by atoms with Crippen LogP contribution in [-0.4, -0.2) is 26.6 Å². The molecule has 6 heteroatoms. The summed E-state index contributed by atoms with van der Waals surface area (Å²) in [6.07, 6.45) is 4.27. The summed E-state index contributed by atoms with van der Waals surface area (Å²) in [5.74, 6) is 1.15. The lowest BCUT2D eigenvalue weighted by molar-refractivity contribution is 0.356. The fourth-order valence-electron chi connectivity index (χ4n) is 2.95. The molecule has 2 heterocycles. The zero-order valence-electron chi connectivity index (χ0n) is 13.9. The molecule has 1 unspecified atom stereocenters. The zero-order chi connectivity index (χ0) is 17.2. The van der Waals surface area contributed by atoms with Crippen molar-refractivity contribution in [2.75, 3.05) is 13.2 Å². The van der Waals surface area contributed by atoms with Gasteiger partial charge in [0.1, 0.15) is 5.75 Å². The molecule has 0 fully saturated rings. The number of hydrogen-bond donors (Lipinski definition) is 1. The van der Waals surface area contributed by atoms with Crippen LogP contribution in [0.1, 0.15) is 30.9 Å². The molecule has 0 bridgehead atoms. The van der Waals surface area contributed by atoms with Crippen molar-refractivity contribution in [1.82, 2.24) is 9.71 Å². The molecule has 1 aliphatic rings. The van der Waals surface area contributed by atoms with E-state index in [0.29, 0.717) is 24.0 Å². The largest absolute Gasteiger partial charge is 0.493 e. The van der Waals surface area contributed by atoms with Crippen LogP contribution in [0.3, 0.4) is 0 Å². The first-order valence-electron chi connectivity index (χ1n) is 8.12. The highest BCUT2D eigenvalue weighted by molar-refractivity contribution is 7.89. The highest BCUT2D eigenvalue weighted by atomic mass is 32.2. The van der Waals surface area contributed by atoms with Gasteiger partial charge in [0.2, 0.25) is 10.0 Å². The van der Waals surface area contributed by atoms with Crippen molar-refractivity contribution in [3.63, 3.8) is 0 Å². The molecule has 0 radical (unpaired) electrons. The van der Waals surface area contributed by atoms with Crippen molar-refractivity contribution < 1.29 is 13.2 Å². The maximum Gasteiger partial charge on any atom is 0.240 e. The summed E-state index contributed by atoms with van der Waals surface area (Å²) in [6, 6.07) is 8.90. The molecule has 0 saturated heterocycles. The molecule has 0 saturated carbocycles. The maximum absolute atomic E-state index is 12.6. The highest BCUT2D eigenvalue weighted by Gasteiger charge is 2.22. The van der Waals surface area contributed by atoms with E-state index in [1.165, 1.54) is 0 Å². The third-order valence-electron chi connectivity index (χ3n) is 4.38. The monoisotopic (exact) mass is 346 g/mol. The van der Waals surface area contributed by atoms with Gasteiger partial charge in [-0.2, -0.15) is 0 Å². The van der Waals surface area contributed by atoms with E-state index in [-0.39, 0.29) is 5.92 Å². The number of rotatable bonds is 6. The van der Waals surface area contributed by atoms with E-state index in [4.69, 9.17) is 4.74 Å². The second kappa shape index (κ2) is 6.91. The fraction of sp³-hybridized carbons (Fsp3) is 0.389. The van der Waals surface area contributed by atoms with E-state index in [0.717, 1.165) is 23.3 Å². The number of benzene rings is 1. The minimum atomic E-state index is -3.54. The van der Waals surface area contributed by atoms with Gasteiger partial charge in [-0.3, -0.25) is 4.98 Å².